The number of halogens is 3. The molecule has 2 aromatic carbocycles. The van der Waals surface area contributed by atoms with Gasteiger partial charge in [-0.25, -0.2) is 4.79 Å². The van der Waals surface area contributed by atoms with Crippen LogP contribution in [-0.4, -0.2) is 120 Å². The maximum Gasteiger partial charge on any atom is 0.422 e. The van der Waals surface area contributed by atoms with Crippen molar-refractivity contribution in [1.29, 1.82) is 0 Å². The molecule has 1 aromatic heterocycles. The van der Waals surface area contributed by atoms with Crippen molar-refractivity contribution in [2.45, 2.75) is 50.5 Å². The van der Waals surface area contributed by atoms with Gasteiger partial charge in [0.2, 0.25) is 11.8 Å². The number of carbonyl (C=O) groups is 1. The second-order valence-electron chi connectivity index (χ2n) is 12.5. The molecule has 6 rings (SSSR count). The van der Waals surface area contributed by atoms with E-state index in [1.807, 2.05) is 46.2 Å². The summed E-state index contributed by atoms with van der Waals surface area (Å²) in [5, 5.41) is 0. The van der Waals surface area contributed by atoms with Crippen molar-refractivity contribution < 1.29 is 32.2 Å². The lowest BCUT2D eigenvalue weighted by Crippen LogP contribution is -2.68. The first kappa shape index (κ1) is 33.8. The molecule has 0 spiro atoms. The Hall–Kier alpha value is -4.10. The van der Waals surface area contributed by atoms with Crippen LogP contribution in [0.25, 0.3) is 0 Å². The molecule has 0 saturated carbocycles. The number of carbonyl (C=O) groups excluding carboxylic acids is 1. The third-order valence-corrected chi connectivity index (χ3v) is 9.35. The lowest BCUT2D eigenvalue weighted by molar-refractivity contribution is -0.154. The van der Waals surface area contributed by atoms with Crippen LogP contribution in [-0.2, 0) is 6.54 Å². The number of rotatable bonds is 10. The van der Waals surface area contributed by atoms with Gasteiger partial charge in [-0.1, -0.05) is 60.7 Å². The molecule has 0 bridgehead atoms. The van der Waals surface area contributed by atoms with Crippen molar-refractivity contribution in [1.82, 2.24) is 29.6 Å². The minimum atomic E-state index is -4.57. The molecule has 0 radical (unpaired) electrons. The molecule has 3 aliphatic rings. The number of aromatic nitrogens is 2. The summed E-state index contributed by atoms with van der Waals surface area (Å²) < 4.78 is 56.3. The minimum Gasteiger partial charge on any atom is -0.481 e. The second-order valence-corrected chi connectivity index (χ2v) is 12.5. The van der Waals surface area contributed by atoms with Gasteiger partial charge < -0.3 is 24.0 Å². The molecule has 10 nitrogen and oxygen atoms in total. The molecule has 0 N–H and O–H groups in total. The number of nitrogens with zero attached hydrogens (tertiary/aromatic N) is 6. The van der Waals surface area contributed by atoms with Gasteiger partial charge in [0.15, 0.2) is 6.61 Å². The largest absolute Gasteiger partial charge is 0.481 e. The van der Waals surface area contributed by atoms with E-state index in [0.717, 1.165) is 25.9 Å². The van der Waals surface area contributed by atoms with Gasteiger partial charge in [0.1, 0.15) is 0 Å². The SMILES string of the molecule is CCOc1nc(OC)c(CN2C[C@@H]3CN(C(=O)N4CCCC4)CCN3[C@H](C(c3ccccc3)c3ccccc3)C2)c(OCC(F)(F)F)n1. The molecule has 48 heavy (non-hydrogen) atoms. The van der Waals surface area contributed by atoms with Gasteiger partial charge >= 0.3 is 18.2 Å². The third kappa shape index (κ3) is 7.78. The predicted octanol–water partition coefficient (Wildman–Crippen LogP) is 5.04. The highest BCUT2D eigenvalue weighted by atomic mass is 19.4. The third-order valence-electron chi connectivity index (χ3n) is 9.35. The van der Waals surface area contributed by atoms with Crippen LogP contribution in [0.4, 0.5) is 18.0 Å². The van der Waals surface area contributed by atoms with Gasteiger partial charge in [-0.2, -0.15) is 23.1 Å². The Kier molecular flexibility index (Phi) is 10.5. The summed E-state index contributed by atoms with van der Waals surface area (Å²) in [6.07, 6.45) is -2.53. The molecule has 13 heteroatoms. The van der Waals surface area contributed by atoms with Crippen molar-refractivity contribution in [3.05, 3.63) is 77.4 Å². The van der Waals surface area contributed by atoms with Gasteiger partial charge in [-0.3, -0.25) is 9.80 Å². The van der Waals surface area contributed by atoms with Crippen LogP contribution >= 0.6 is 0 Å². The molecule has 0 aliphatic carbocycles. The lowest BCUT2D eigenvalue weighted by Gasteiger charge is -2.53. The van der Waals surface area contributed by atoms with Crippen LogP contribution in [0.2, 0.25) is 0 Å². The Balaban J connectivity index is 1.36. The molecule has 258 valence electrons. The minimum absolute atomic E-state index is 0.00189. The number of alkyl halides is 3. The van der Waals surface area contributed by atoms with Crippen LogP contribution in [0.3, 0.4) is 0 Å². The molecule has 3 fully saturated rings. The average Bonchev–Trinajstić information content (AvgIpc) is 3.64. The fourth-order valence-electron chi connectivity index (χ4n) is 7.29. The van der Waals surface area contributed by atoms with Gasteiger partial charge in [0, 0.05) is 70.4 Å². The first-order valence-electron chi connectivity index (χ1n) is 16.6. The number of hydrogen-bond acceptors (Lipinski definition) is 8. The van der Waals surface area contributed by atoms with Crippen LogP contribution in [0, 0.1) is 0 Å². The number of hydrogen-bond donors (Lipinski definition) is 0. The van der Waals surface area contributed by atoms with E-state index in [-0.39, 0.29) is 55.0 Å². The second kappa shape index (κ2) is 15.0. The summed E-state index contributed by atoms with van der Waals surface area (Å²) in [4.78, 5) is 30.7. The zero-order chi connectivity index (χ0) is 33.7. The zero-order valence-corrected chi connectivity index (χ0v) is 27.4. The highest BCUT2D eigenvalue weighted by Gasteiger charge is 2.44. The number of ether oxygens (including phenoxy) is 3. The van der Waals surface area contributed by atoms with E-state index in [0.29, 0.717) is 38.3 Å². The topological polar surface area (TPSA) is 83.5 Å². The number of methoxy groups -OCH3 is 1. The summed E-state index contributed by atoms with van der Waals surface area (Å²) >= 11 is 0. The molecular formula is C35H43F3N6O4. The molecule has 3 aromatic rings. The van der Waals surface area contributed by atoms with E-state index in [2.05, 4.69) is 44.0 Å². The number of likely N-dealkylation sites (tertiary alicyclic amines) is 1. The zero-order valence-electron chi connectivity index (χ0n) is 27.4. The summed E-state index contributed by atoms with van der Waals surface area (Å²) in [5.74, 6) is -0.126. The number of fused-ring (bicyclic) bond motifs is 1. The molecule has 0 unspecified atom stereocenters. The van der Waals surface area contributed by atoms with Crippen molar-refractivity contribution in [2.24, 2.45) is 0 Å². The quantitative estimate of drug-likeness (QED) is 0.297. The van der Waals surface area contributed by atoms with E-state index in [9.17, 15) is 18.0 Å². The van der Waals surface area contributed by atoms with Crippen LogP contribution < -0.4 is 14.2 Å². The van der Waals surface area contributed by atoms with E-state index in [4.69, 9.17) is 14.2 Å². The number of benzene rings is 2. The smallest absolute Gasteiger partial charge is 0.422 e. The fraction of sp³-hybridized carbons (Fsp3) is 0.514. The predicted molar refractivity (Wildman–Crippen MR) is 173 cm³/mol. The van der Waals surface area contributed by atoms with Gasteiger partial charge in [-0.15, -0.1) is 0 Å². The maximum absolute atomic E-state index is 13.5. The number of urea groups is 1. The highest BCUT2D eigenvalue weighted by Crippen LogP contribution is 2.38. The van der Waals surface area contributed by atoms with Crippen LogP contribution in [0.5, 0.6) is 17.8 Å². The van der Waals surface area contributed by atoms with Crippen LogP contribution in [0.1, 0.15) is 42.4 Å². The number of amides is 2. The number of piperazine rings is 2. The Morgan fingerprint density at radius 3 is 2.10 bits per heavy atom. The van der Waals surface area contributed by atoms with E-state index < -0.39 is 12.8 Å². The normalized spacial score (nSPS) is 20.5. The van der Waals surface area contributed by atoms with Gasteiger partial charge in [0.25, 0.3) is 0 Å². The lowest BCUT2D eigenvalue weighted by atomic mass is 9.81. The molecule has 4 heterocycles. The van der Waals surface area contributed by atoms with E-state index in [1.165, 1.54) is 18.2 Å². The molecule has 2 amide bonds. The maximum atomic E-state index is 13.5. The van der Waals surface area contributed by atoms with Crippen molar-refractivity contribution in [3.63, 3.8) is 0 Å². The Morgan fingerprint density at radius 2 is 1.50 bits per heavy atom. The van der Waals surface area contributed by atoms with Crippen molar-refractivity contribution >= 4 is 6.03 Å². The standard InChI is InChI=1S/C35H43F3N6O4/c1-3-47-33-39-31(46-2)28(32(40-33)48-24-35(36,37)38)22-41-20-27-21-43(34(45)42-16-10-11-17-42)18-19-44(27)29(23-41)30(25-12-6-4-7-13-25)26-14-8-5-9-15-26/h4-9,12-15,27,29-30H,3,10-11,16-24H2,1-2H3/t27-,29+/m1/s1. The van der Waals surface area contributed by atoms with Gasteiger partial charge in [0.05, 0.1) is 19.3 Å². The first-order valence-corrected chi connectivity index (χ1v) is 16.6. The fourth-order valence-corrected chi connectivity index (χ4v) is 7.29. The molecule has 2 atom stereocenters. The van der Waals surface area contributed by atoms with E-state index >= 15 is 0 Å². The Bertz CT molecular complexity index is 1470. The Morgan fingerprint density at radius 1 is 0.854 bits per heavy atom. The average molecular weight is 669 g/mol. The highest BCUT2D eigenvalue weighted by molar-refractivity contribution is 5.75. The molecule has 3 aliphatic heterocycles. The van der Waals surface area contributed by atoms with Crippen LogP contribution in [0.15, 0.2) is 60.7 Å². The first-order chi connectivity index (χ1) is 23.2. The van der Waals surface area contributed by atoms with Crippen molar-refractivity contribution in [2.75, 3.05) is 66.1 Å². The van der Waals surface area contributed by atoms with Gasteiger partial charge in [-0.05, 0) is 30.9 Å². The monoisotopic (exact) mass is 668 g/mol. The summed E-state index contributed by atoms with van der Waals surface area (Å²) in [5.41, 5.74) is 2.65. The Labute approximate surface area is 279 Å². The summed E-state index contributed by atoms with van der Waals surface area (Å²) in [7, 11) is 1.42. The summed E-state index contributed by atoms with van der Waals surface area (Å²) in [6, 6.07) is 20.7. The van der Waals surface area contributed by atoms with E-state index in [1.54, 1.807) is 6.92 Å². The van der Waals surface area contributed by atoms with Crippen molar-refractivity contribution in [3.8, 4) is 17.8 Å². The molecular weight excluding hydrogens is 625 g/mol. The summed E-state index contributed by atoms with van der Waals surface area (Å²) in [6.45, 7) is 5.25. The molecule has 3 saturated heterocycles.